The Morgan fingerprint density at radius 2 is 1.88 bits per heavy atom. The number of thiophene rings is 1. The second kappa shape index (κ2) is 7.19. The Morgan fingerprint density at radius 1 is 1.20 bits per heavy atom. The van der Waals surface area contributed by atoms with Crippen molar-refractivity contribution in [1.82, 2.24) is 9.21 Å². The highest BCUT2D eigenvalue weighted by Crippen LogP contribution is 2.38. The number of benzene rings is 1. The van der Waals surface area contributed by atoms with Crippen molar-refractivity contribution in [2.24, 2.45) is 0 Å². The molecule has 1 saturated heterocycles. The average molecular weight is 379 g/mol. The van der Waals surface area contributed by atoms with Crippen LogP contribution in [0, 0.1) is 13.8 Å². The van der Waals surface area contributed by atoms with E-state index in [1.807, 2.05) is 34.0 Å². The summed E-state index contributed by atoms with van der Waals surface area (Å²) in [7, 11) is 0.653. The van der Waals surface area contributed by atoms with Gasteiger partial charge in [-0.3, -0.25) is 0 Å². The Morgan fingerprint density at radius 3 is 2.44 bits per heavy atom. The van der Waals surface area contributed by atoms with Gasteiger partial charge in [-0.1, -0.05) is 24.3 Å². The van der Waals surface area contributed by atoms with Crippen LogP contribution in [0.25, 0.3) is 0 Å². The summed E-state index contributed by atoms with van der Waals surface area (Å²) in [4.78, 5) is 4.53. The van der Waals surface area contributed by atoms with E-state index < -0.39 is 10.0 Å². The molecule has 1 aromatic heterocycles. The van der Waals surface area contributed by atoms with Crippen LogP contribution in [0.4, 0.5) is 0 Å². The molecular weight excluding hydrogens is 352 g/mol. The van der Waals surface area contributed by atoms with E-state index in [1.54, 1.807) is 15.6 Å². The second-order valence-electron chi connectivity index (χ2n) is 7.03. The minimum atomic E-state index is -3.44. The Bertz CT molecular complexity index is 839. The van der Waals surface area contributed by atoms with Crippen LogP contribution in [0.3, 0.4) is 0 Å². The topological polar surface area (TPSA) is 40.6 Å². The fourth-order valence-electron chi connectivity index (χ4n) is 3.56. The Labute approximate surface area is 155 Å². The van der Waals surface area contributed by atoms with Crippen LogP contribution in [-0.2, 0) is 16.6 Å². The molecule has 0 N–H and O–H groups in total. The van der Waals surface area contributed by atoms with E-state index in [1.165, 1.54) is 5.56 Å². The molecule has 136 valence electrons. The van der Waals surface area contributed by atoms with E-state index in [2.05, 4.69) is 29.2 Å². The lowest BCUT2D eigenvalue weighted by atomic mass is 10.0. The van der Waals surface area contributed by atoms with Gasteiger partial charge in [0.1, 0.15) is 0 Å². The number of nitrogens with zero attached hydrogens (tertiary/aromatic N) is 2. The second-order valence-corrected chi connectivity index (χ2v) is 10.4. The lowest BCUT2D eigenvalue weighted by Crippen LogP contribution is -2.30. The van der Waals surface area contributed by atoms with Crippen molar-refractivity contribution < 1.29 is 8.42 Å². The minimum Gasteiger partial charge on any atom is -0.305 e. The summed E-state index contributed by atoms with van der Waals surface area (Å²) in [5.74, 6) is 0. The maximum Gasteiger partial charge on any atom is 0.244 e. The molecule has 0 amide bonds. The van der Waals surface area contributed by atoms with Crippen LogP contribution >= 0.6 is 11.3 Å². The highest BCUT2D eigenvalue weighted by molar-refractivity contribution is 7.89. The summed E-state index contributed by atoms with van der Waals surface area (Å²) in [5.41, 5.74) is 2.33. The standard InChI is InChI=1S/C19H26N2O2S2/c1-14-12-19(15(2)24-14)25(22,23)21-11-5-6-18(21)17-9-7-16(8-10-17)13-20(3)4/h7-10,12,18H,5-6,11,13H2,1-4H3. The third-order valence-corrected chi connectivity index (χ3v) is 7.78. The molecule has 4 nitrogen and oxygen atoms in total. The molecule has 1 aliphatic rings. The largest absolute Gasteiger partial charge is 0.305 e. The number of rotatable bonds is 5. The van der Waals surface area contributed by atoms with Crippen LogP contribution in [0.5, 0.6) is 0 Å². The lowest BCUT2D eigenvalue weighted by molar-refractivity contribution is 0.395. The van der Waals surface area contributed by atoms with E-state index in [9.17, 15) is 8.42 Å². The molecule has 0 radical (unpaired) electrons. The molecule has 0 spiro atoms. The van der Waals surface area contributed by atoms with Crippen molar-refractivity contribution in [2.45, 2.75) is 44.2 Å². The molecule has 1 atom stereocenters. The van der Waals surface area contributed by atoms with Gasteiger partial charge in [-0.05, 0) is 58.0 Å². The minimum absolute atomic E-state index is 0.0574. The average Bonchev–Trinajstić information content (AvgIpc) is 3.14. The summed E-state index contributed by atoms with van der Waals surface area (Å²) in [6.45, 7) is 5.34. The molecule has 0 saturated carbocycles. The van der Waals surface area contributed by atoms with Gasteiger partial charge in [-0.25, -0.2) is 8.42 Å². The molecule has 0 aliphatic carbocycles. The van der Waals surface area contributed by atoms with Gasteiger partial charge in [0.25, 0.3) is 0 Å². The lowest BCUT2D eigenvalue weighted by Gasteiger charge is -2.24. The monoisotopic (exact) mass is 378 g/mol. The van der Waals surface area contributed by atoms with Crippen molar-refractivity contribution in [2.75, 3.05) is 20.6 Å². The van der Waals surface area contributed by atoms with Gasteiger partial charge in [0, 0.05) is 22.8 Å². The quantitative estimate of drug-likeness (QED) is 0.791. The first-order valence-corrected chi connectivity index (χ1v) is 10.9. The van der Waals surface area contributed by atoms with E-state index in [0.29, 0.717) is 11.4 Å². The van der Waals surface area contributed by atoms with E-state index >= 15 is 0 Å². The van der Waals surface area contributed by atoms with Crippen molar-refractivity contribution >= 4 is 21.4 Å². The number of sulfonamides is 1. The zero-order valence-corrected chi connectivity index (χ0v) is 17.0. The third-order valence-electron chi connectivity index (χ3n) is 4.65. The van der Waals surface area contributed by atoms with Gasteiger partial charge in [-0.15, -0.1) is 11.3 Å². The summed E-state index contributed by atoms with van der Waals surface area (Å²) in [5, 5.41) is 0. The third kappa shape index (κ3) is 3.82. The molecule has 1 fully saturated rings. The molecule has 25 heavy (non-hydrogen) atoms. The van der Waals surface area contributed by atoms with Gasteiger partial charge in [0.15, 0.2) is 0 Å². The summed E-state index contributed by atoms with van der Waals surface area (Å²) >= 11 is 1.55. The van der Waals surface area contributed by atoms with Crippen molar-refractivity contribution in [1.29, 1.82) is 0 Å². The summed E-state index contributed by atoms with van der Waals surface area (Å²) in [6, 6.07) is 10.1. The molecule has 2 heterocycles. The van der Waals surface area contributed by atoms with Gasteiger partial charge in [0.2, 0.25) is 10.0 Å². The molecule has 0 bridgehead atoms. The van der Waals surface area contributed by atoms with Crippen molar-refractivity contribution in [3.05, 3.63) is 51.2 Å². The number of hydrogen-bond donors (Lipinski definition) is 0. The fourth-order valence-corrected chi connectivity index (χ4v) is 6.77. The van der Waals surface area contributed by atoms with Gasteiger partial charge in [0.05, 0.1) is 10.9 Å². The molecule has 3 rings (SSSR count). The highest BCUT2D eigenvalue weighted by Gasteiger charge is 2.37. The van der Waals surface area contributed by atoms with Crippen LogP contribution in [0.2, 0.25) is 0 Å². The van der Waals surface area contributed by atoms with E-state index in [0.717, 1.165) is 34.7 Å². The normalized spacial score (nSPS) is 19.0. The zero-order valence-electron chi connectivity index (χ0n) is 15.3. The Balaban J connectivity index is 1.88. The molecular formula is C19H26N2O2S2. The molecule has 2 aromatic rings. The zero-order chi connectivity index (χ0) is 18.2. The highest BCUT2D eigenvalue weighted by atomic mass is 32.2. The van der Waals surface area contributed by atoms with Gasteiger partial charge < -0.3 is 4.90 Å². The summed E-state index contributed by atoms with van der Waals surface area (Å²) in [6.07, 6.45) is 1.79. The molecule has 6 heteroatoms. The first-order valence-electron chi connectivity index (χ1n) is 8.61. The first kappa shape index (κ1) is 18.6. The number of hydrogen-bond acceptors (Lipinski definition) is 4. The van der Waals surface area contributed by atoms with Crippen LogP contribution in [0.1, 0.15) is 39.8 Å². The number of aryl methyl sites for hydroxylation is 2. The van der Waals surface area contributed by atoms with Crippen molar-refractivity contribution in [3.63, 3.8) is 0 Å². The van der Waals surface area contributed by atoms with Crippen molar-refractivity contribution in [3.8, 4) is 0 Å². The predicted octanol–water partition coefficient (Wildman–Crippen LogP) is 3.95. The predicted molar refractivity (Wildman–Crippen MR) is 103 cm³/mol. The molecule has 1 aliphatic heterocycles. The van der Waals surface area contributed by atoms with E-state index in [-0.39, 0.29) is 6.04 Å². The SMILES string of the molecule is Cc1cc(S(=O)(=O)N2CCCC2c2ccc(CN(C)C)cc2)c(C)s1. The Hall–Kier alpha value is -1.21. The van der Waals surface area contributed by atoms with Gasteiger partial charge in [-0.2, -0.15) is 4.31 Å². The molecule has 1 unspecified atom stereocenters. The fraction of sp³-hybridized carbons (Fsp3) is 0.474. The Kier molecular flexibility index (Phi) is 5.34. The van der Waals surface area contributed by atoms with Crippen LogP contribution in [0.15, 0.2) is 35.2 Å². The van der Waals surface area contributed by atoms with Gasteiger partial charge >= 0.3 is 0 Å². The maximum atomic E-state index is 13.2. The van der Waals surface area contributed by atoms with Crippen LogP contribution < -0.4 is 0 Å². The maximum absolute atomic E-state index is 13.2. The van der Waals surface area contributed by atoms with E-state index in [4.69, 9.17) is 0 Å². The van der Waals surface area contributed by atoms with Crippen LogP contribution in [-0.4, -0.2) is 38.3 Å². The first-order chi connectivity index (χ1) is 11.8. The molecule has 1 aromatic carbocycles. The summed E-state index contributed by atoms with van der Waals surface area (Å²) < 4.78 is 28.1. The smallest absolute Gasteiger partial charge is 0.244 e.